The number of anilines is 2. The maximum absolute atomic E-state index is 13.7. The summed E-state index contributed by atoms with van der Waals surface area (Å²) in [5.74, 6) is 2.17. The van der Waals surface area contributed by atoms with Gasteiger partial charge in [0.2, 0.25) is 11.1 Å². The molecule has 0 aliphatic carbocycles. The molecule has 1 unspecified atom stereocenters. The zero-order valence-corrected chi connectivity index (χ0v) is 20.9. The van der Waals surface area contributed by atoms with Crippen LogP contribution in [-0.4, -0.2) is 33.0 Å². The van der Waals surface area contributed by atoms with Crippen molar-refractivity contribution in [3.8, 4) is 5.75 Å². The first kappa shape index (κ1) is 23.9. The molecular formula is C26H31N5O2S. The van der Waals surface area contributed by atoms with Gasteiger partial charge in [0.05, 0.1) is 12.2 Å². The summed E-state index contributed by atoms with van der Waals surface area (Å²) in [5.41, 5.74) is 4.06. The van der Waals surface area contributed by atoms with Crippen LogP contribution in [0.2, 0.25) is 0 Å². The Labute approximate surface area is 205 Å². The zero-order chi connectivity index (χ0) is 24.1. The van der Waals surface area contributed by atoms with Crippen molar-refractivity contribution < 1.29 is 9.53 Å². The highest BCUT2D eigenvalue weighted by Gasteiger charge is 2.34. The van der Waals surface area contributed by atoms with Gasteiger partial charge in [-0.3, -0.25) is 4.79 Å². The second-order valence-corrected chi connectivity index (χ2v) is 9.33. The van der Waals surface area contributed by atoms with Crippen LogP contribution in [0.25, 0.3) is 0 Å². The van der Waals surface area contributed by atoms with Crippen LogP contribution in [0.5, 0.6) is 5.75 Å². The van der Waals surface area contributed by atoms with Gasteiger partial charge in [-0.05, 0) is 56.0 Å². The van der Waals surface area contributed by atoms with Gasteiger partial charge in [0.1, 0.15) is 11.8 Å². The van der Waals surface area contributed by atoms with Gasteiger partial charge in [-0.1, -0.05) is 55.9 Å². The largest absolute Gasteiger partial charge is 0.494 e. The van der Waals surface area contributed by atoms with E-state index in [0.29, 0.717) is 23.3 Å². The van der Waals surface area contributed by atoms with E-state index in [9.17, 15) is 4.79 Å². The average molecular weight is 478 g/mol. The molecule has 34 heavy (non-hydrogen) atoms. The highest BCUT2D eigenvalue weighted by Crippen LogP contribution is 2.38. The van der Waals surface area contributed by atoms with E-state index in [-0.39, 0.29) is 5.91 Å². The molecule has 2 aromatic carbocycles. The Bertz CT molecular complexity index is 1200. The van der Waals surface area contributed by atoms with Crippen LogP contribution in [0.3, 0.4) is 0 Å². The molecule has 8 heteroatoms. The van der Waals surface area contributed by atoms with Crippen LogP contribution < -0.4 is 15.4 Å². The summed E-state index contributed by atoms with van der Waals surface area (Å²) in [6.45, 7) is 8.74. The lowest BCUT2D eigenvalue weighted by atomic mass is 9.94. The van der Waals surface area contributed by atoms with Gasteiger partial charge >= 0.3 is 0 Å². The lowest BCUT2D eigenvalue weighted by molar-refractivity contribution is -0.113. The van der Waals surface area contributed by atoms with E-state index >= 15 is 0 Å². The van der Waals surface area contributed by atoms with Crippen molar-refractivity contribution in [2.45, 2.75) is 51.7 Å². The summed E-state index contributed by atoms with van der Waals surface area (Å²) in [7, 11) is 0. The summed E-state index contributed by atoms with van der Waals surface area (Å²) in [6, 6.07) is 15.2. The third-order valence-electron chi connectivity index (χ3n) is 5.55. The quantitative estimate of drug-likeness (QED) is 0.379. The molecule has 0 fully saturated rings. The Kier molecular flexibility index (Phi) is 7.57. The number of nitrogens with one attached hydrogen (secondary N) is 2. The molecule has 2 N–H and O–H groups in total. The van der Waals surface area contributed by atoms with E-state index < -0.39 is 6.04 Å². The van der Waals surface area contributed by atoms with Crippen molar-refractivity contribution in [2.24, 2.45) is 0 Å². The highest BCUT2D eigenvalue weighted by molar-refractivity contribution is 7.99. The summed E-state index contributed by atoms with van der Waals surface area (Å²) in [5, 5.41) is 11.9. The Morgan fingerprint density at radius 3 is 2.74 bits per heavy atom. The fourth-order valence-corrected chi connectivity index (χ4v) is 4.57. The third-order valence-corrected chi connectivity index (χ3v) is 6.60. The van der Waals surface area contributed by atoms with Crippen molar-refractivity contribution in [3.63, 3.8) is 0 Å². The van der Waals surface area contributed by atoms with Crippen LogP contribution in [-0.2, 0) is 4.79 Å². The predicted molar refractivity (Wildman–Crippen MR) is 138 cm³/mol. The summed E-state index contributed by atoms with van der Waals surface area (Å²) in [6.07, 6.45) is 1.95. The number of thioether (sulfide) groups is 1. The van der Waals surface area contributed by atoms with Gasteiger partial charge in [0.25, 0.3) is 5.91 Å². The first-order valence-corrected chi connectivity index (χ1v) is 12.7. The highest BCUT2D eigenvalue weighted by atomic mass is 32.2. The first-order valence-electron chi connectivity index (χ1n) is 11.7. The number of aryl methyl sites for hydroxylation is 1. The number of carbonyl (C=O) groups excluding carboxylic acids is 1. The molecule has 3 aromatic rings. The molecule has 1 atom stereocenters. The Hall–Kier alpha value is -3.26. The minimum absolute atomic E-state index is 0.173. The smallest absolute Gasteiger partial charge is 0.255 e. The number of benzene rings is 2. The average Bonchev–Trinajstić information content (AvgIpc) is 3.24. The number of rotatable bonds is 9. The summed E-state index contributed by atoms with van der Waals surface area (Å²) >= 11 is 1.61. The fraction of sp³-hybridized carbons (Fsp3) is 0.346. The molecule has 178 valence electrons. The number of aromatic nitrogens is 3. The van der Waals surface area contributed by atoms with Crippen LogP contribution in [0, 0.1) is 6.92 Å². The molecule has 1 aliphatic rings. The van der Waals surface area contributed by atoms with Crippen molar-refractivity contribution in [3.05, 3.63) is 70.9 Å². The molecule has 7 nitrogen and oxygen atoms in total. The lowest BCUT2D eigenvalue weighted by Gasteiger charge is -2.29. The SMILES string of the molecule is CCCOc1cccc(C2C(C(=O)Nc3ccccc3C)=C(C)Nc3nc(SCCC)nn32)c1. The minimum Gasteiger partial charge on any atom is -0.494 e. The van der Waals surface area contributed by atoms with Crippen molar-refractivity contribution in [2.75, 3.05) is 23.0 Å². The standard InChI is InChI=1S/C26H31N5O2S/c1-5-14-33-20-12-9-11-19(16-20)23-22(24(32)28-21-13-8-7-10-17(21)3)18(4)27-25-29-26(30-31(23)25)34-15-6-2/h7-13,16,23H,5-6,14-15H2,1-4H3,(H,28,32)(H,27,29,30). The van der Waals surface area contributed by atoms with Crippen molar-refractivity contribution in [1.82, 2.24) is 14.8 Å². The number of fused-ring (bicyclic) bond motifs is 1. The van der Waals surface area contributed by atoms with Gasteiger partial charge < -0.3 is 15.4 Å². The summed E-state index contributed by atoms with van der Waals surface area (Å²) in [4.78, 5) is 18.3. The first-order chi connectivity index (χ1) is 16.5. The van der Waals surface area contributed by atoms with Crippen LogP contribution in [0.4, 0.5) is 11.6 Å². The van der Waals surface area contributed by atoms with Gasteiger partial charge in [-0.2, -0.15) is 4.98 Å². The number of hydrogen-bond acceptors (Lipinski definition) is 6. The molecule has 4 rings (SSSR count). The second-order valence-electron chi connectivity index (χ2n) is 8.27. The van der Waals surface area contributed by atoms with Crippen LogP contribution >= 0.6 is 11.8 Å². The number of ether oxygens (including phenoxy) is 1. The Morgan fingerprint density at radius 1 is 1.15 bits per heavy atom. The van der Waals surface area contributed by atoms with E-state index in [4.69, 9.17) is 9.84 Å². The van der Waals surface area contributed by atoms with Crippen LogP contribution in [0.15, 0.2) is 65.0 Å². The molecule has 1 amide bonds. The van der Waals surface area contributed by atoms with E-state index in [1.165, 1.54) is 0 Å². The third kappa shape index (κ3) is 5.12. The predicted octanol–water partition coefficient (Wildman–Crippen LogP) is 5.81. The molecule has 0 spiro atoms. The minimum atomic E-state index is -0.436. The lowest BCUT2D eigenvalue weighted by Crippen LogP contribution is -2.31. The molecule has 1 aliphatic heterocycles. The van der Waals surface area contributed by atoms with E-state index in [0.717, 1.165) is 46.9 Å². The monoisotopic (exact) mass is 477 g/mol. The van der Waals surface area contributed by atoms with Gasteiger partial charge in [-0.25, -0.2) is 4.68 Å². The number of para-hydroxylation sites is 1. The Morgan fingerprint density at radius 2 is 1.97 bits per heavy atom. The maximum atomic E-state index is 13.7. The number of hydrogen-bond donors (Lipinski definition) is 2. The normalized spacial score (nSPS) is 15.0. The van der Waals surface area contributed by atoms with Crippen LogP contribution in [0.1, 0.15) is 50.8 Å². The fourth-order valence-electron chi connectivity index (χ4n) is 3.89. The number of carbonyl (C=O) groups is 1. The molecule has 0 radical (unpaired) electrons. The van der Waals surface area contributed by atoms with E-state index in [1.54, 1.807) is 11.8 Å². The maximum Gasteiger partial charge on any atom is 0.255 e. The zero-order valence-electron chi connectivity index (χ0n) is 20.1. The molecular weight excluding hydrogens is 446 g/mol. The number of amides is 1. The number of nitrogens with zero attached hydrogens (tertiary/aromatic N) is 3. The molecule has 0 bridgehead atoms. The Balaban J connectivity index is 1.76. The molecule has 0 saturated carbocycles. The van der Waals surface area contributed by atoms with Gasteiger partial charge in [0, 0.05) is 17.1 Å². The van der Waals surface area contributed by atoms with E-state index in [1.807, 2.05) is 67.1 Å². The summed E-state index contributed by atoms with van der Waals surface area (Å²) < 4.78 is 7.70. The van der Waals surface area contributed by atoms with Crippen molar-refractivity contribution >= 4 is 29.3 Å². The van der Waals surface area contributed by atoms with Gasteiger partial charge in [0.15, 0.2) is 0 Å². The van der Waals surface area contributed by atoms with Gasteiger partial charge in [-0.15, -0.1) is 5.10 Å². The molecule has 1 aromatic heterocycles. The molecule has 0 saturated heterocycles. The van der Waals surface area contributed by atoms with E-state index in [2.05, 4.69) is 29.5 Å². The van der Waals surface area contributed by atoms with Crippen molar-refractivity contribution in [1.29, 1.82) is 0 Å². The molecule has 2 heterocycles. The second kappa shape index (κ2) is 10.8. The number of allylic oxidation sites excluding steroid dienone is 1. The topological polar surface area (TPSA) is 81.1 Å².